The molecule has 0 saturated carbocycles. The normalized spacial score (nSPS) is 31.2. The van der Waals surface area contributed by atoms with Crippen molar-refractivity contribution in [2.75, 3.05) is 11.5 Å². The Kier molecular flexibility index (Phi) is 3.49. The van der Waals surface area contributed by atoms with Crippen LogP contribution in [0.1, 0.15) is 19.3 Å². The van der Waals surface area contributed by atoms with Crippen LogP contribution in [0.2, 0.25) is 0 Å². The number of hydrogen-bond donors (Lipinski definition) is 2. The maximum Gasteiger partial charge on any atom is 0.303 e. The molecule has 0 amide bonds. The van der Waals surface area contributed by atoms with Gasteiger partial charge in [-0.2, -0.15) is 0 Å². The fraction of sp³-hybridized carbons (Fsp3) is 0.875. The van der Waals surface area contributed by atoms with Crippen molar-refractivity contribution in [3.63, 3.8) is 0 Å². The van der Waals surface area contributed by atoms with E-state index in [-0.39, 0.29) is 30.8 Å². The zero-order chi connectivity index (χ0) is 10.8. The molecule has 0 aromatic carbocycles. The van der Waals surface area contributed by atoms with E-state index in [9.17, 15) is 18.3 Å². The Bertz CT molecular complexity index is 308. The Balaban J connectivity index is 2.53. The number of carboxylic acids is 1. The highest BCUT2D eigenvalue weighted by Gasteiger charge is 2.31. The predicted molar refractivity (Wildman–Crippen MR) is 49.6 cm³/mol. The van der Waals surface area contributed by atoms with Gasteiger partial charge in [0.05, 0.1) is 17.6 Å². The van der Waals surface area contributed by atoms with E-state index in [0.717, 1.165) is 0 Å². The number of hydrogen-bond acceptors (Lipinski definition) is 4. The number of carboxylic acid groups (broad SMARTS) is 1. The molecular weight excluding hydrogens is 208 g/mol. The highest BCUT2D eigenvalue weighted by molar-refractivity contribution is 7.91. The molecule has 0 aromatic rings. The molecule has 1 fully saturated rings. The largest absolute Gasteiger partial charge is 0.481 e. The number of aliphatic carboxylic acids is 1. The average Bonchev–Trinajstić information content (AvgIpc) is 2.06. The third kappa shape index (κ3) is 3.26. The van der Waals surface area contributed by atoms with Crippen LogP contribution in [0.3, 0.4) is 0 Å². The zero-order valence-corrected chi connectivity index (χ0v) is 8.53. The van der Waals surface area contributed by atoms with Gasteiger partial charge in [-0.3, -0.25) is 4.79 Å². The smallest absolute Gasteiger partial charge is 0.303 e. The van der Waals surface area contributed by atoms with Gasteiger partial charge in [-0.25, -0.2) is 8.42 Å². The molecule has 0 aliphatic carbocycles. The summed E-state index contributed by atoms with van der Waals surface area (Å²) in [7, 11) is -3.07. The summed E-state index contributed by atoms with van der Waals surface area (Å²) in [5.41, 5.74) is 0. The Morgan fingerprint density at radius 2 is 2.07 bits per heavy atom. The second-order valence-electron chi connectivity index (χ2n) is 3.66. The van der Waals surface area contributed by atoms with Crippen molar-refractivity contribution in [2.24, 2.45) is 5.92 Å². The van der Waals surface area contributed by atoms with Crippen LogP contribution in [-0.4, -0.2) is 42.2 Å². The maximum atomic E-state index is 11.2. The molecule has 14 heavy (non-hydrogen) atoms. The number of aliphatic hydroxyl groups excluding tert-OH is 1. The fourth-order valence-electron chi connectivity index (χ4n) is 1.64. The average molecular weight is 222 g/mol. The van der Waals surface area contributed by atoms with Gasteiger partial charge < -0.3 is 10.2 Å². The minimum absolute atomic E-state index is 0.0116. The van der Waals surface area contributed by atoms with Gasteiger partial charge in [-0.1, -0.05) is 0 Å². The van der Waals surface area contributed by atoms with Crippen molar-refractivity contribution in [2.45, 2.75) is 25.4 Å². The molecule has 2 atom stereocenters. The first-order valence-electron chi connectivity index (χ1n) is 4.51. The third-order valence-corrected chi connectivity index (χ3v) is 4.26. The lowest BCUT2D eigenvalue weighted by Gasteiger charge is -2.26. The topological polar surface area (TPSA) is 91.7 Å². The van der Waals surface area contributed by atoms with E-state index >= 15 is 0 Å². The van der Waals surface area contributed by atoms with Gasteiger partial charge >= 0.3 is 5.97 Å². The van der Waals surface area contributed by atoms with Crippen molar-refractivity contribution in [3.8, 4) is 0 Å². The van der Waals surface area contributed by atoms with Gasteiger partial charge in [0.2, 0.25) is 0 Å². The Labute approximate surface area is 82.7 Å². The SMILES string of the molecule is O=C(O)CCC1CS(=O)(=O)CCC1O. The summed E-state index contributed by atoms with van der Waals surface area (Å²) in [6.45, 7) is 0. The minimum atomic E-state index is -3.07. The third-order valence-electron chi connectivity index (χ3n) is 2.47. The molecule has 0 bridgehead atoms. The first kappa shape index (κ1) is 11.5. The second-order valence-corrected chi connectivity index (χ2v) is 5.89. The molecular formula is C8H14O5S. The second kappa shape index (κ2) is 4.27. The summed E-state index contributed by atoms with van der Waals surface area (Å²) in [5, 5.41) is 17.9. The van der Waals surface area contributed by atoms with E-state index in [0.29, 0.717) is 0 Å². The Morgan fingerprint density at radius 1 is 1.43 bits per heavy atom. The van der Waals surface area contributed by atoms with E-state index in [2.05, 4.69) is 0 Å². The molecule has 1 rings (SSSR count). The van der Waals surface area contributed by atoms with Gasteiger partial charge in [-0.15, -0.1) is 0 Å². The van der Waals surface area contributed by atoms with Gasteiger partial charge in [0.15, 0.2) is 9.84 Å². The van der Waals surface area contributed by atoms with Crippen molar-refractivity contribution in [1.82, 2.24) is 0 Å². The highest BCUT2D eigenvalue weighted by atomic mass is 32.2. The fourth-order valence-corrected chi connectivity index (χ4v) is 3.45. The molecule has 0 radical (unpaired) electrons. The Morgan fingerprint density at radius 3 is 2.64 bits per heavy atom. The highest BCUT2D eigenvalue weighted by Crippen LogP contribution is 2.23. The molecule has 2 N–H and O–H groups in total. The predicted octanol–water partition coefficient (Wildman–Crippen LogP) is -0.353. The van der Waals surface area contributed by atoms with Crippen LogP contribution in [0.15, 0.2) is 0 Å². The quantitative estimate of drug-likeness (QED) is 0.680. The number of carbonyl (C=O) groups is 1. The number of rotatable bonds is 3. The van der Waals surface area contributed by atoms with Crippen LogP contribution in [-0.2, 0) is 14.6 Å². The minimum Gasteiger partial charge on any atom is -0.481 e. The maximum absolute atomic E-state index is 11.2. The zero-order valence-electron chi connectivity index (χ0n) is 7.72. The van der Waals surface area contributed by atoms with E-state index in [1.165, 1.54) is 0 Å². The van der Waals surface area contributed by atoms with Crippen molar-refractivity contribution in [3.05, 3.63) is 0 Å². The lowest BCUT2D eigenvalue weighted by molar-refractivity contribution is -0.137. The lowest BCUT2D eigenvalue weighted by atomic mass is 9.96. The first-order chi connectivity index (χ1) is 6.41. The molecule has 1 saturated heterocycles. The summed E-state index contributed by atoms with van der Waals surface area (Å²) in [5.74, 6) is -1.44. The molecule has 0 aromatic heterocycles. The van der Waals surface area contributed by atoms with E-state index in [1.807, 2.05) is 0 Å². The summed E-state index contributed by atoms with van der Waals surface area (Å²) in [4.78, 5) is 10.3. The van der Waals surface area contributed by atoms with Crippen LogP contribution in [0.4, 0.5) is 0 Å². The van der Waals surface area contributed by atoms with Gasteiger partial charge in [0, 0.05) is 6.42 Å². The van der Waals surface area contributed by atoms with Gasteiger partial charge in [0.25, 0.3) is 0 Å². The molecule has 0 spiro atoms. The standard InChI is InChI=1S/C8H14O5S/c9-7-3-4-14(12,13)5-6(7)1-2-8(10)11/h6-7,9H,1-5H2,(H,10,11). The number of aliphatic hydroxyl groups is 1. The Hall–Kier alpha value is -0.620. The monoisotopic (exact) mass is 222 g/mol. The summed E-state index contributed by atoms with van der Waals surface area (Å²) < 4.78 is 22.4. The van der Waals surface area contributed by atoms with Gasteiger partial charge in [0.1, 0.15) is 0 Å². The van der Waals surface area contributed by atoms with Crippen molar-refractivity contribution < 1.29 is 23.4 Å². The molecule has 2 unspecified atom stereocenters. The van der Waals surface area contributed by atoms with Crippen LogP contribution < -0.4 is 0 Å². The molecule has 82 valence electrons. The van der Waals surface area contributed by atoms with E-state index < -0.39 is 27.8 Å². The van der Waals surface area contributed by atoms with Crippen LogP contribution >= 0.6 is 0 Å². The van der Waals surface area contributed by atoms with Gasteiger partial charge in [-0.05, 0) is 18.8 Å². The van der Waals surface area contributed by atoms with Crippen LogP contribution in [0.5, 0.6) is 0 Å². The molecule has 1 aliphatic heterocycles. The number of sulfone groups is 1. The van der Waals surface area contributed by atoms with Crippen LogP contribution in [0, 0.1) is 5.92 Å². The molecule has 1 heterocycles. The van der Waals surface area contributed by atoms with Crippen molar-refractivity contribution >= 4 is 15.8 Å². The molecule has 6 heteroatoms. The first-order valence-corrected chi connectivity index (χ1v) is 6.33. The van der Waals surface area contributed by atoms with Crippen LogP contribution in [0.25, 0.3) is 0 Å². The molecule has 1 aliphatic rings. The van der Waals surface area contributed by atoms with E-state index in [4.69, 9.17) is 5.11 Å². The van der Waals surface area contributed by atoms with Crippen molar-refractivity contribution in [1.29, 1.82) is 0 Å². The summed E-state index contributed by atoms with van der Waals surface area (Å²) >= 11 is 0. The molecule has 5 nitrogen and oxygen atoms in total. The summed E-state index contributed by atoms with van der Waals surface area (Å²) in [6.07, 6.45) is -0.294. The van der Waals surface area contributed by atoms with E-state index in [1.54, 1.807) is 0 Å². The summed E-state index contributed by atoms with van der Waals surface area (Å²) in [6, 6.07) is 0. The lowest BCUT2D eigenvalue weighted by Crippen LogP contribution is -2.36.